The van der Waals surface area contributed by atoms with Crippen molar-refractivity contribution in [2.45, 2.75) is 18.6 Å². The molecule has 1 fully saturated rings. The molecule has 1 N–H and O–H groups in total. The topological polar surface area (TPSA) is 54.2 Å². The molecule has 0 bridgehead atoms. The second-order valence-corrected chi connectivity index (χ2v) is 8.67. The normalized spacial score (nSPS) is 18.1. The molecule has 4 heterocycles. The summed E-state index contributed by atoms with van der Waals surface area (Å²) in [7, 11) is 0. The molecule has 1 aliphatic rings. The summed E-state index contributed by atoms with van der Waals surface area (Å²) in [4.78, 5) is 10.9. The number of benzene rings is 1. The Labute approximate surface area is 201 Å². The van der Waals surface area contributed by atoms with Gasteiger partial charge in [-0.2, -0.15) is 0 Å². The Hall–Kier alpha value is -2.93. The summed E-state index contributed by atoms with van der Waals surface area (Å²) < 4.78 is 6.33. The first-order valence-electron chi connectivity index (χ1n) is 10.0. The highest BCUT2D eigenvalue weighted by molar-refractivity contribution is 7.80. The summed E-state index contributed by atoms with van der Waals surface area (Å²) in [6, 6.07) is 18.7. The summed E-state index contributed by atoms with van der Waals surface area (Å²) in [5, 5.41) is 5.18. The second-order valence-electron chi connectivity index (χ2n) is 7.44. The fourth-order valence-electron chi connectivity index (χ4n) is 3.92. The molecule has 5 nitrogen and oxygen atoms in total. The third-order valence-electron chi connectivity index (χ3n) is 5.39. The fourth-order valence-corrected chi connectivity index (χ4v) is 4.73. The van der Waals surface area contributed by atoms with E-state index in [9.17, 15) is 0 Å². The first-order valence-corrected chi connectivity index (χ1v) is 11.2. The van der Waals surface area contributed by atoms with Crippen LogP contribution in [0, 0.1) is 0 Å². The Morgan fingerprint density at radius 1 is 1.03 bits per heavy atom. The number of pyridine rings is 2. The molecule has 0 unspecified atom stereocenters. The average molecular weight is 481 g/mol. The highest BCUT2D eigenvalue weighted by Crippen LogP contribution is 2.42. The highest BCUT2D eigenvalue weighted by atomic mass is 35.5. The van der Waals surface area contributed by atoms with Gasteiger partial charge in [0.1, 0.15) is 17.6 Å². The lowest BCUT2D eigenvalue weighted by Gasteiger charge is -2.26. The number of furan rings is 1. The molecule has 1 aromatic carbocycles. The van der Waals surface area contributed by atoms with Crippen LogP contribution in [0.4, 0.5) is 0 Å². The van der Waals surface area contributed by atoms with Gasteiger partial charge in [0.2, 0.25) is 0 Å². The van der Waals surface area contributed by atoms with Gasteiger partial charge in [0, 0.05) is 35.7 Å². The standard InChI is InChI=1S/C24H18Cl2N4OS/c25-16-6-7-17(18(26)12-16)20-8-9-21(31-20)23-22(19-5-1-2-11-28-19)29-24(32)30(23)14-15-4-3-10-27-13-15/h1-13,22-23H,14H2,(H,29,32)/t22-,23+/m0/s1. The van der Waals surface area contributed by atoms with Gasteiger partial charge in [-0.3, -0.25) is 9.97 Å². The largest absolute Gasteiger partial charge is 0.459 e. The number of halogens is 2. The Morgan fingerprint density at radius 3 is 2.69 bits per heavy atom. The second kappa shape index (κ2) is 8.90. The minimum absolute atomic E-state index is 0.167. The van der Waals surface area contributed by atoms with Gasteiger partial charge < -0.3 is 14.6 Å². The lowest BCUT2D eigenvalue weighted by Crippen LogP contribution is -2.29. The molecule has 4 aromatic rings. The van der Waals surface area contributed by atoms with E-state index in [2.05, 4.69) is 20.2 Å². The zero-order valence-corrected chi connectivity index (χ0v) is 19.1. The molecule has 0 amide bonds. The maximum atomic E-state index is 6.41. The van der Waals surface area contributed by atoms with Crippen molar-refractivity contribution in [3.63, 3.8) is 0 Å². The summed E-state index contributed by atoms with van der Waals surface area (Å²) >= 11 is 18.2. The number of thiocarbonyl (C=S) groups is 1. The molecule has 1 saturated heterocycles. The number of nitrogens with one attached hydrogen (secondary N) is 1. The van der Waals surface area contributed by atoms with Gasteiger partial charge in [-0.15, -0.1) is 0 Å². The molecule has 5 rings (SSSR count). The highest BCUT2D eigenvalue weighted by Gasteiger charge is 2.41. The van der Waals surface area contributed by atoms with Crippen LogP contribution in [0.15, 0.2) is 83.7 Å². The fraction of sp³-hybridized carbons (Fsp3) is 0.125. The molecule has 160 valence electrons. The van der Waals surface area contributed by atoms with E-state index < -0.39 is 0 Å². The number of nitrogens with zero attached hydrogens (tertiary/aromatic N) is 3. The minimum Gasteiger partial charge on any atom is -0.459 e. The van der Waals surface area contributed by atoms with Gasteiger partial charge in [-0.25, -0.2) is 0 Å². The molecule has 2 atom stereocenters. The maximum Gasteiger partial charge on any atom is 0.170 e. The molecule has 1 aliphatic heterocycles. The van der Waals surface area contributed by atoms with Crippen LogP contribution < -0.4 is 5.32 Å². The van der Waals surface area contributed by atoms with Gasteiger partial charge in [-0.1, -0.05) is 35.3 Å². The zero-order valence-electron chi connectivity index (χ0n) is 16.8. The Kier molecular flexibility index (Phi) is 5.83. The summed E-state index contributed by atoms with van der Waals surface area (Å²) in [5.74, 6) is 1.43. The van der Waals surface area contributed by atoms with Crippen LogP contribution in [-0.4, -0.2) is 20.0 Å². The summed E-state index contributed by atoms with van der Waals surface area (Å²) in [5.41, 5.74) is 2.72. The van der Waals surface area contributed by atoms with Crippen LogP contribution in [0.2, 0.25) is 10.0 Å². The van der Waals surface area contributed by atoms with Gasteiger partial charge in [0.15, 0.2) is 5.11 Å². The van der Waals surface area contributed by atoms with Crippen LogP contribution in [0.1, 0.15) is 29.1 Å². The minimum atomic E-state index is -0.197. The van der Waals surface area contributed by atoms with Gasteiger partial charge >= 0.3 is 0 Å². The number of hydrogen-bond donors (Lipinski definition) is 1. The number of hydrogen-bond acceptors (Lipinski definition) is 4. The molecule has 3 aromatic heterocycles. The molecule has 8 heteroatoms. The molecule has 0 saturated carbocycles. The lowest BCUT2D eigenvalue weighted by molar-refractivity contribution is 0.269. The van der Waals surface area contributed by atoms with E-state index in [0.29, 0.717) is 27.5 Å². The molecule has 0 spiro atoms. The third kappa shape index (κ3) is 4.09. The number of aromatic nitrogens is 2. The predicted molar refractivity (Wildman–Crippen MR) is 129 cm³/mol. The van der Waals surface area contributed by atoms with E-state index in [1.165, 1.54) is 0 Å². The van der Waals surface area contributed by atoms with Crippen LogP contribution in [0.5, 0.6) is 0 Å². The van der Waals surface area contributed by atoms with Gasteiger partial charge in [0.05, 0.1) is 16.8 Å². The van der Waals surface area contributed by atoms with E-state index in [1.54, 1.807) is 24.5 Å². The third-order valence-corrected chi connectivity index (χ3v) is 6.29. The van der Waals surface area contributed by atoms with Crippen molar-refractivity contribution in [1.82, 2.24) is 20.2 Å². The van der Waals surface area contributed by atoms with Gasteiger partial charge in [0.25, 0.3) is 0 Å². The van der Waals surface area contributed by atoms with E-state index in [-0.39, 0.29) is 12.1 Å². The molecule has 0 aliphatic carbocycles. The smallest absolute Gasteiger partial charge is 0.170 e. The summed E-state index contributed by atoms with van der Waals surface area (Å²) in [6.07, 6.45) is 5.38. The molecule has 32 heavy (non-hydrogen) atoms. The summed E-state index contributed by atoms with van der Waals surface area (Å²) in [6.45, 7) is 0.589. The Bertz CT molecular complexity index is 1250. The van der Waals surface area contributed by atoms with Crippen LogP contribution >= 0.6 is 35.4 Å². The van der Waals surface area contributed by atoms with E-state index in [4.69, 9.17) is 39.8 Å². The first-order chi connectivity index (χ1) is 15.6. The molecular weight excluding hydrogens is 463 g/mol. The van der Waals surface area contributed by atoms with Crippen LogP contribution in [0.25, 0.3) is 11.3 Å². The Balaban J connectivity index is 1.55. The van der Waals surface area contributed by atoms with E-state index >= 15 is 0 Å². The van der Waals surface area contributed by atoms with E-state index in [0.717, 1.165) is 22.6 Å². The zero-order chi connectivity index (χ0) is 22.1. The SMILES string of the molecule is S=C1N[C@@H](c2ccccn2)[C@@H](c2ccc(-c3ccc(Cl)cc3Cl)o2)N1Cc1cccnc1. The van der Waals surface area contributed by atoms with Crippen molar-refractivity contribution in [3.05, 3.63) is 106 Å². The van der Waals surface area contributed by atoms with Crippen molar-refractivity contribution < 1.29 is 4.42 Å². The monoisotopic (exact) mass is 480 g/mol. The van der Waals surface area contributed by atoms with Crippen molar-refractivity contribution in [3.8, 4) is 11.3 Å². The predicted octanol–water partition coefficient (Wildman–Crippen LogP) is 6.22. The molecule has 0 radical (unpaired) electrons. The number of rotatable bonds is 5. The average Bonchev–Trinajstić information content (AvgIpc) is 3.40. The lowest BCUT2D eigenvalue weighted by atomic mass is 10.0. The quantitative estimate of drug-likeness (QED) is 0.342. The van der Waals surface area contributed by atoms with Gasteiger partial charge in [-0.05, 0) is 66.3 Å². The maximum absolute atomic E-state index is 6.41. The Morgan fingerprint density at radius 2 is 1.94 bits per heavy atom. The van der Waals surface area contributed by atoms with Crippen molar-refractivity contribution in [2.75, 3.05) is 0 Å². The molecular formula is C24H18Cl2N4OS. The van der Waals surface area contributed by atoms with Crippen LogP contribution in [0.3, 0.4) is 0 Å². The first kappa shape index (κ1) is 20.9. The van der Waals surface area contributed by atoms with Crippen molar-refractivity contribution in [2.24, 2.45) is 0 Å². The van der Waals surface area contributed by atoms with Crippen molar-refractivity contribution >= 4 is 40.5 Å². The van der Waals surface area contributed by atoms with Crippen molar-refractivity contribution in [1.29, 1.82) is 0 Å². The van der Waals surface area contributed by atoms with Crippen LogP contribution in [-0.2, 0) is 6.54 Å². The van der Waals surface area contributed by atoms with E-state index in [1.807, 2.05) is 54.7 Å².